The van der Waals surface area contributed by atoms with Gasteiger partial charge in [-0.05, 0) is 75.5 Å². The second-order valence-corrected chi connectivity index (χ2v) is 9.07. The quantitative estimate of drug-likeness (QED) is 0.808. The Labute approximate surface area is 162 Å². The number of carbonyl (C=O) groups excluding carboxylic acids is 1. The SMILES string of the molecule is CN1CCC[C@@H]1CN1CCC2(CC1)CC(=O)N(Cc1ccc(Cl)cc1)C2. The molecule has 3 heterocycles. The van der Waals surface area contributed by atoms with E-state index >= 15 is 0 Å². The average Bonchev–Trinajstić information content (AvgIpc) is 3.16. The zero-order chi connectivity index (χ0) is 18.1. The third-order valence-electron chi connectivity index (χ3n) is 6.75. The molecule has 26 heavy (non-hydrogen) atoms. The number of hydrogen-bond acceptors (Lipinski definition) is 3. The maximum Gasteiger partial charge on any atom is 0.223 e. The Morgan fingerprint density at radius 1 is 1.15 bits per heavy atom. The zero-order valence-corrected chi connectivity index (χ0v) is 16.5. The Balaban J connectivity index is 1.31. The average molecular weight is 376 g/mol. The van der Waals surface area contributed by atoms with Gasteiger partial charge in [-0.3, -0.25) is 4.79 Å². The van der Waals surface area contributed by atoms with Crippen LogP contribution in [0.5, 0.6) is 0 Å². The topological polar surface area (TPSA) is 26.8 Å². The Kier molecular flexibility index (Phi) is 5.27. The molecule has 0 unspecified atom stereocenters. The van der Waals surface area contributed by atoms with Gasteiger partial charge >= 0.3 is 0 Å². The normalized spacial score (nSPS) is 26.9. The Morgan fingerprint density at radius 3 is 2.54 bits per heavy atom. The van der Waals surface area contributed by atoms with Crippen molar-refractivity contribution in [3.63, 3.8) is 0 Å². The zero-order valence-electron chi connectivity index (χ0n) is 15.8. The Bertz CT molecular complexity index is 639. The summed E-state index contributed by atoms with van der Waals surface area (Å²) in [7, 11) is 2.26. The smallest absolute Gasteiger partial charge is 0.223 e. The molecule has 0 radical (unpaired) electrons. The largest absolute Gasteiger partial charge is 0.338 e. The van der Waals surface area contributed by atoms with Gasteiger partial charge in [0.2, 0.25) is 5.91 Å². The number of rotatable bonds is 4. The second kappa shape index (κ2) is 7.49. The van der Waals surface area contributed by atoms with Crippen LogP contribution >= 0.6 is 11.6 Å². The highest BCUT2D eigenvalue weighted by molar-refractivity contribution is 6.30. The number of amides is 1. The van der Waals surface area contributed by atoms with E-state index in [0.717, 1.165) is 50.0 Å². The first-order valence-electron chi connectivity index (χ1n) is 9.98. The summed E-state index contributed by atoms with van der Waals surface area (Å²) in [5.41, 5.74) is 1.38. The van der Waals surface area contributed by atoms with Crippen molar-refractivity contribution in [2.24, 2.45) is 5.41 Å². The molecule has 3 aliphatic heterocycles. The first kappa shape index (κ1) is 18.3. The molecule has 1 aromatic carbocycles. The molecule has 0 aromatic heterocycles. The third kappa shape index (κ3) is 3.92. The molecule has 4 rings (SSSR count). The fourth-order valence-corrected chi connectivity index (χ4v) is 5.11. The molecule has 142 valence electrons. The lowest BCUT2D eigenvalue weighted by molar-refractivity contribution is -0.128. The molecule has 1 amide bonds. The highest BCUT2D eigenvalue weighted by atomic mass is 35.5. The monoisotopic (exact) mass is 375 g/mol. The summed E-state index contributed by atoms with van der Waals surface area (Å²) in [5, 5.41) is 0.748. The minimum absolute atomic E-state index is 0.210. The highest BCUT2D eigenvalue weighted by Gasteiger charge is 2.45. The lowest BCUT2D eigenvalue weighted by Gasteiger charge is -2.40. The minimum atomic E-state index is 0.210. The summed E-state index contributed by atoms with van der Waals surface area (Å²) in [6.45, 7) is 6.38. The predicted octanol–water partition coefficient (Wildman–Crippen LogP) is 3.25. The molecule has 4 nitrogen and oxygen atoms in total. The molecule has 1 aromatic rings. The molecule has 0 saturated carbocycles. The number of nitrogens with zero attached hydrogens (tertiary/aromatic N) is 3. The number of halogens is 1. The van der Waals surface area contributed by atoms with E-state index in [1.807, 2.05) is 24.3 Å². The molecule has 1 atom stereocenters. The van der Waals surface area contributed by atoms with Gasteiger partial charge in [0.05, 0.1) is 0 Å². The predicted molar refractivity (Wildman–Crippen MR) is 105 cm³/mol. The molecule has 0 N–H and O–H groups in total. The van der Waals surface area contributed by atoms with Crippen molar-refractivity contribution < 1.29 is 4.79 Å². The van der Waals surface area contributed by atoms with Gasteiger partial charge in [-0.2, -0.15) is 0 Å². The lowest BCUT2D eigenvalue weighted by atomic mass is 9.77. The van der Waals surface area contributed by atoms with Crippen molar-refractivity contribution in [3.8, 4) is 0 Å². The van der Waals surface area contributed by atoms with E-state index in [1.54, 1.807) is 0 Å². The van der Waals surface area contributed by atoms with Crippen LogP contribution in [0.25, 0.3) is 0 Å². The van der Waals surface area contributed by atoms with E-state index in [4.69, 9.17) is 11.6 Å². The summed E-state index contributed by atoms with van der Waals surface area (Å²) in [5.74, 6) is 0.323. The van der Waals surface area contributed by atoms with Gasteiger partial charge < -0.3 is 14.7 Å². The Hall–Kier alpha value is -1.10. The summed E-state index contributed by atoms with van der Waals surface area (Å²) in [6.07, 6.45) is 5.73. The summed E-state index contributed by atoms with van der Waals surface area (Å²) >= 11 is 5.97. The van der Waals surface area contributed by atoms with Crippen LogP contribution < -0.4 is 0 Å². The maximum atomic E-state index is 12.6. The number of likely N-dealkylation sites (tertiary alicyclic amines) is 3. The first-order valence-corrected chi connectivity index (χ1v) is 10.4. The van der Waals surface area contributed by atoms with Gasteiger partial charge in [-0.15, -0.1) is 0 Å². The number of piperidine rings is 1. The van der Waals surface area contributed by atoms with Crippen molar-refractivity contribution >= 4 is 17.5 Å². The van der Waals surface area contributed by atoms with Gasteiger partial charge in [0.15, 0.2) is 0 Å². The van der Waals surface area contributed by atoms with Crippen molar-refractivity contribution in [2.45, 2.75) is 44.7 Å². The van der Waals surface area contributed by atoms with E-state index in [-0.39, 0.29) is 5.41 Å². The number of carbonyl (C=O) groups is 1. The van der Waals surface area contributed by atoms with Crippen molar-refractivity contribution in [1.82, 2.24) is 14.7 Å². The maximum absolute atomic E-state index is 12.6. The molecule has 1 spiro atoms. The van der Waals surface area contributed by atoms with Crippen molar-refractivity contribution in [2.75, 3.05) is 39.8 Å². The third-order valence-corrected chi connectivity index (χ3v) is 7.00. The van der Waals surface area contributed by atoms with E-state index in [2.05, 4.69) is 21.7 Å². The molecule has 0 bridgehead atoms. The molecule has 5 heteroatoms. The molecular formula is C21H30ClN3O. The highest BCUT2D eigenvalue weighted by Crippen LogP contribution is 2.41. The van der Waals surface area contributed by atoms with Crippen LogP contribution in [0.1, 0.15) is 37.7 Å². The van der Waals surface area contributed by atoms with Gasteiger partial charge in [-0.25, -0.2) is 0 Å². The van der Waals surface area contributed by atoms with Crippen LogP contribution in [0.2, 0.25) is 5.02 Å². The standard InChI is InChI=1S/C21H30ClN3O/c1-23-10-2-3-19(23)15-24-11-8-21(9-12-24)13-20(26)25(16-21)14-17-4-6-18(22)7-5-17/h4-7,19H,2-3,8-16H2,1H3/t19-/m1/s1. The first-order chi connectivity index (χ1) is 12.5. The van der Waals surface area contributed by atoms with E-state index in [1.165, 1.54) is 31.5 Å². The summed E-state index contributed by atoms with van der Waals surface area (Å²) in [4.78, 5) is 19.8. The van der Waals surface area contributed by atoms with Crippen LogP contribution in [0.3, 0.4) is 0 Å². The molecule has 3 saturated heterocycles. The van der Waals surface area contributed by atoms with Crippen molar-refractivity contribution in [3.05, 3.63) is 34.9 Å². The van der Waals surface area contributed by atoms with Crippen molar-refractivity contribution in [1.29, 1.82) is 0 Å². The van der Waals surface area contributed by atoms with E-state index in [0.29, 0.717) is 12.5 Å². The molecular weight excluding hydrogens is 346 g/mol. The van der Waals surface area contributed by atoms with Gasteiger partial charge in [0, 0.05) is 37.1 Å². The number of hydrogen-bond donors (Lipinski definition) is 0. The van der Waals surface area contributed by atoms with Gasteiger partial charge in [-0.1, -0.05) is 23.7 Å². The molecule has 3 aliphatic rings. The minimum Gasteiger partial charge on any atom is -0.338 e. The summed E-state index contributed by atoms with van der Waals surface area (Å²) in [6, 6.07) is 8.61. The number of likely N-dealkylation sites (N-methyl/N-ethyl adjacent to an activating group) is 1. The van der Waals surface area contributed by atoms with Crippen LogP contribution in [-0.2, 0) is 11.3 Å². The number of benzene rings is 1. The molecule has 0 aliphatic carbocycles. The second-order valence-electron chi connectivity index (χ2n) is 8.63. The van der Waals surface area contributed by atoms with E-state index < -0.39 is 0 Å². The van der Waals surface area contributed by atoms with Gasteiger partial charge in [0.1, 0.15) is 0 Å². The summed E-state index contributed by atoms with van der Waals surface area (Å²) < 4.78 is 0. The fraction of sp³-hybridized carbons (Fsp3) is 0.667. The lowest BCUT2D eigenvalue weighted by Crippen LogP contribution is -2.46. The van der Waals surface area contributed by atoms with Crippen LogP contribution in [-0.4, -0.2) is 66.4 Å². The van der Waals surface area contributed by atoms with Crippen LogP contribution in [0, 0.1) is 5.41 Å². The van der Waals surface area contributed by atoms with E-state index in [9.17, 15) is 4.79 Å². The van der Waals surface area contributed by atoms with Gasteiger partial charge in [0.25, 0.3) is 0 Å². The van der Waals surface area contributed by atoms with Crippen LogP contribution in [0.15, 0.2) is 24.3 Å². The van der Waals surface area contributed by atoms with Crippen LogP contribution in [0.4, 0.5) is 0 Å². The molecule has 3 fully saturated rings. The Morgan fingerprint density at radius 2 is 1.88 bits per heavy atom. The fourth-order valence-electron chi connectivity index (χ4n) is 4.99.